The number of carbonyl (C=O) groups is 1. The highest BCUT2D eigenvalue weighted by Gasteiger charge is 2.17. The lowest BCUT2D eigenvalue weighted by atomic mass is 10.2. The highest BCUT2D eigenvalue weighted by molar-refractivity contribution is 7.21. The van der Waals surface area contributed by atoms with Crippen LogP contribution in [0.2, 0.25) is 5.02 Å². The van der Waals surface area contributed by atoms with E-state index in [9.17, 15) is 4.79 Å². The maximum Gasteiger partial charge on any atom is 0.283 e. The van der Waals surface area contributed by atoms with Crippen LogP contribution in [0, 0.1) is 6.92 Å². The molecular weight excluding hydrogens is 348 g/mol. The lowest BCUT2D eigenvalue weighted by molar-refractivity contribution is 0.0959. The number of nitrogens with one attached hydrogen (secondary N) is 1. The van der Waals surface area contributed by atoms with Crippen molar-refractivity contribution in [3.8, 4) is 5.75 Å². The third-order valence-corrected chi connectivity index (χ3v) is 5.34. The molecule has 3 rings (SSSR count). The van der Waals surface area contributed by atoms with Crippen LogP contribution in [-0.4, -0.2) is 29.0 Å². The van der Waals surface area contributed by atoms with Crippen LogP contribution in [0.25, 0.3) is 10.1 Å². The molecule has 0 fully saturated rings. The molecule has 0 saturated heterocycles. The fraction of sp³-hybridized carbons (Fsp3) is 0.188. The van der Waals surface area contributed by atoms with Crippen molar-refractivity contribution in [1.82, 2.24) is 15.2 Å². The largest absolute Gasteiger partial charge is 0.497 e. The van der Waals surface area contributed by atoms with Gasteiger partial charge in [0, 0.05) is 28.4 Å². The fourth-order valence-electron chi connectivity index (χ4n) is 2.17. The predicted molar refractivity (Wildman–Crippen MR) is 96.4 cm³/mol. The van der Waals surface area contributed by atoms with Gasteiger partial charge in [0.25, 0.3) is 5.91 Å². The Morgan fingerprint density at radius 2 is 2.29 bits per heavy atom. The summed E-state index contributed by atoms with van der Waals surface area (Å²) in [6.07, 6.45) is 3.24. The van der Waals surface area contributed by atoms with Crippen LogP contribution in [0.4, 0.5) is 0 Å². The molecule has 1 aromatic carbocycles. The number of fused-ring (bicyclic) bond motifs is 1. The average molecular weight is 363 g/mol. The van der Waals surface area contributed by atoms with Gasteiger partial charge in [-0.2, -0.15) is 10.2 Å². The van der Waals surface area contributed by atoms with Crippen molar-refractivity contribution in [3.05, 3.63) is 45.6 Å². The number of thiophene rings is 1. The second kappa shape index (κ2) is 6.62. The van der Waals surface area contributed by atoms with E-state index in [0.717, 1.165) is 27.1 Å². The number of hydrogen-bond donors (Lipinski definition) is 1. The van der Waals surface area contributed by atoms with Gasteiger partial charge in [-0.25, -0.2) is 5.43 Å². The molecule has 3 aromatic rings. The molecule has 0 aliphatic rings. The molecule has 0 radical (unpaired) electrons. The lowest BCUT2D eigenvalue weighted by Crippen LogP contribution is -2.16. The van der Waals surface area contributed by atoms with Crippen LogP contribution in [0.1, 0.15) is 20.9 Å². The molecular formula is C16H15ClN4O2S. The summed E-state index contributed by atoms with van der Waals surface area (Å²) < 4.78 is 7.81. The Morgan fingerprint density at radius 3 is 2.96 bits per heavy atom. The minimum Gasteiger partial charge on any atom is -0.497 e. The van der Waals surface area contributed by atoms with Gasteiger partial charge in [-0.15, -0.1) is 11.3 Å². The minimum absolute atomic E-state index is 0.349. The van der Waals surface area contributed by atoms with E-state index < -0.39 is 0 Å². The SMILES string of the molecule is COc1ccc2c(Cl)c(C(=O)N/N=C\c3cnn(C)c3C)sc2c1. The van der Waals surface area contributed by atoms with Crippen LogP contribution >= 0.6 is 22.9 Å². The van der Waals surface area contributed by atoms with Gasteiger partial charge in [0.2, 0.25) is 0 Å². The van der Waals surface area contributed by atoms with Gasteiger partial charge in [0.15, 0.2) is 0 Å². The summed E-state index contributed by atoms with van der Waals surface area (Å²) in [5, 5.41) is 9.33. The topological polar surface area (TPSA) is 68.5 Å². The zero-order valence-corrected chi connectivity index (χ0v) is 14.9. The van der Waals surface area contributed by atoms with Gasteiger partial charge < -0.3 is 4.74 Å². The molecule has 0 atom stereocenters. The van der Waals surface area contributed by atoms with E-state index in [1.807, 2.05) is 32.2 Å². The van der Waals surface area contributed by atoms with E-state index in [0.29, 0.717) is 9.90 Å². The number of nitrogens with zero attached hydrogens (tertiary/aromatic N) is 3. The minimum atomic E-state index is -0.349. The Hall–Kier alpha value is -2.38. The number of hydrazone groups is 1. The first-order chi connectivity index (χ1) is 11.5. The Bertz CT molecular complexity index is 945. The molecule has 0 saturated carbocycles. The van der Waals surface area contributed by atoms with Gasteiger partial charge in [-0.05, 0) is 25.1 Å². The van der Waals surface area contributed by atoms with E-state index in [-0.39, 0.29) is 5.91 Å². The Labute approximate surface area is 147 Å². The number of amides is 1. The molecule has 8 heteroatoms. The second-order valence-corrected chi connectivity index (χ2v) is 6.55. The van der Waals surface area contributed by atoms with E-state index in [1.54, 1.807) is 24.2 Å². The first kappa shape index (κ1) is 16.5. The summed E-state index contributed by atoms with van der Waals surface area (Å²) >= 11 is 7.62. The smallest absolute Gasteiger partial charge is 0.283 e. The summed E-state index contributed by atoms with van der Waals surface area (Å²) in [4.78, 5) is 12.7. The zero-order chi connectivity index (χ0) is 17.3. The Morgan fingerprint density at radius 1 is 1.50 bits per heavy atom. The van der Waals surface area contributed by atoms with Crippen molar-refractivity contribution in [2.75, 3.05) is 7.11 Å². The van der Waals surface area contributed by atoms with E-state index in [4.69, 9.17) is 16.3 Å². The number of hydrogen-bond acceptors (Lipinski definition) is 5. The fourth-order valence-corrected chi connectivity index (χ4v) is 3.61. The number of rotatable bonds is 4. The molecule has 6 nitrogen and oxygen atoms in total. The second-order valence-electron chi connectivity index (χ2n) is 5.12. The van der Waals surface area contributed by atoms with Crippen molar-refractivity contribution in [3.63, 3.8) is 0 Å². The maximum atomic E-state index is 12.3. The van der Waals surface area contributed by atoms with E-state index in [1.165, 1.54) is 11.3 Å². The number of carbonyl (C=O) groups excluding carboxylic acids is 1. The summed E-state index contributed by atoms with van der Waals surface area (Å²) in [5.74, 6) is 0.371. The normalized spacial score (nSPS) is 11.3. The van der Waals surface area contributed by atoms with E-state index >= 15 is 0 Å². The third-order valence-electron chi connectivity index (χ3n) is 3.69. The first-order valence-electron chi connectivity index (χ1n) is 7.09. The predicted octanol–water partition coefficient (Wildman–Crippen LogP) is 3.37. The number of ether oxygens (including phenoxy) is 1. The molecule has 0 aliphatic carbocycles. The molecule has 0 aliphatic heterocycles. The molecule has 2 aromatic heterocycles. The van der Waals surface area contributed by atoms with Crippen molar-refractivity contribution < 1.29 is 9.53 Å². The zero-order valence-electron chi connectivity index (χ0n) is 13.3. The first-order valence-corrected chi connectivity index (χ1v) is 8.28. The quantitative estimate of drug-likeness (QED) is 0.571. The number of aromatic nitrogens is 2. The monoisotopic (exact) mass is 362 g/mol. The standard InChI is InChI=1S/C16H15ClN4O2S/c1-9-10(8-19-21(9)2)7-18-20-16(22)15-14(17)12-5-4-11(23-3)6-13(12)24-15/h4-8H,1-3H3,(H,20,22)/b18-7-. The van der Waals surface area contributed by atoms with Crippen molar-refractivity contribution in [2.45, 2.75) is 6.92 Å². The summed E-state index contributed by atoms with van der Waals surface area (Å²) in [7, 11) is 3.44. The summed E-state index contributed by atoms with van der Waals surface area (Å²) in [6, 6.07) is 5.50. The van der Waals surface area contributed by atoms with Gasteiger partial charge >= 0.3 is 0 Å². The van der Waals surface area contributed by atoms with E-state index in [2.05, 4.69) is 15.6 Å². The molecule has 24 heavy (non-hydrogen) atoms. The van der Waals surface area contributed by atoms with Crippen LogP contribution in [0.3, 0.4) is 0 Å². The lowest BCUT2D eigenvalue weighted by Gasteiger charge is -1.98. The summed E-state index contributed by atoms with van der Waals surface area (Å²) in [5.41, 5.74) is 4.30. The molecule has 0 spiro atoms. The van der Waals surface area contributed by atoms with Crippen molar-refractivity contribution in [1.29, 1.82) is 0 Å². The molecule has 2 heterocycles. The highest BCUT2D eigenvalue weighted by atomic mass is 35.5. The van der Waals surface area contributed by atoms with Gasteiger partial charge in [-0.3, -0.25) is 9.48 Å². The van der Waals surface area contributed by atoms with Gasteiger partial charge in [-0.1, -0.05) is 11.6 Å². The third kappa shape index (κ3) is 3.00. The molecule has 1 N–H and O–H groups in total. The van der Waals surface area contributed by atoms with Crippen LogP contribution < -0.4 is 10.2 Å². The molecule has 1 amide bonds. The van der Waals surface area contributed by atoms with Crippen LogP contribution in [0.5, 0.6) is 5.75 Å². The highest BCUT2D eigenvalue weighted by Crippen LogP contribution is 2.37. The molecule has 0 bridgehead atoms. The average Bonchev–Trinajstić information content (AvgIpc) is 3.08. The Balaban J connectivity index is 1.81. The molecule has 124 valence electrons. The van der Waals surface area contributed by atoms with Crippen LogP contribution in [0.15, 0.2) is 29.5 Å². The maximum absolute atomic E-state index is 12.3. The molecule has 0 unspecified atom stereocenters. The number of halogens is 1. The Kier molecular flexibility index (Phi) is 4.55. The van der Waals surface area contributed by atoms with Crippen molar-refractivity contribution in [2.24, 2.45) is 12.1 Å². The van der Waals surface area contributed by atoms with Crippen molar-refractivity contribution >= 4 is 45.1 Å². The van der Waals surface area contributed by atoms with Gasteiger partial charge in [0.05, 0.1) is 24.5 Å². The number of benzene rings is 1. The van der Waals surface area contributed by atoms with Crippen LogP contribution in [-0.2, 0) is 7.05 Å². The number of aryl methyl sites for hydroxylation is 1. The summed E-state index contributed by atoms with van der Waals surface area (Å²) in [6.45, 7) is 1.92. The van der Waals surface area contributed by atoms with Gasteiger partial charge in [0.1, 0.15) is 10.6 Å². The number of methoxy groups -OCH3 is 1.